The predicted molar refractivity (Wildman–Crippen MR) is 72.7 cm³/mol. The quantitative estimate of drug-likeness (QED) is 0.852. The fourth-order valence-corrected chi connectivity index (χ4v) is 1.64. The van der Waals surface area contributed by atoms with E-state index in [-0.39, 0.29) is 11.3 Å². The smallest absolute Gasteiger partial charge is 0.257 e. The molecule has 0 spiro atoms. The molecule has 0 unspecified atom stereocenters. The van der Waals surface area contributed by atoms with Crippen molar-refractivity contribution in [2.75, 3.05) is 17.2 Å². The highest BCUT2D eigenvalue weighted by Crippen LogP contribution is 2.18. The first-order valence-electron chi connectivity index (χ1n) is 6.17. The summed E-state index contributed by atoms with van der Waals surface area (Å²) in [5, 5.41) is 5.23. The van der Waals surface area contributed by atoms with E-state index < -0.39 is 23.4 Å². The first-order chi connectivity index (χ1) is 10.0. The maximum absolute atomic E-state index is 13.0. The number of halogens is 3. The fourth-order valence-electron chi connectivity index (χ4n) is 1.64. The highest BCUT2D eigenvalue weighted by atomic mass is 19.2. The van der Waals surface area contributed by atoms with Crippen molar-refractivity contribution >= 4 is 17.4 Å². The molecule has 1 aromatic heterocycles. The standard InChI is InChI=1S/C14H12F3N3O/c1-2-18-12-4-3-8(7-19-12)14(21)20-9-5-10(15)13(17)11(16)6-9/h3-7H,2H2,1H3,(H,18,19)(H,20,21). The lowest BCUT2D eigenvalue weighted by Crippen LogP contribution is -2.13. The molecule has 4 nitrogen and oxygen atoms in total. The van der Waals surface area contributed by atoms with Gasteiger partial charge in [-0.3, -0.25) is 4.79 Å². The molecule has 0 fully saturated rings. The maximum Gasteiger partial charge on any atom is 0.257 e. The number of nitrogens with zero attached hydrogens (tertiary/aromatic N) is 1. The molecular formula is C14H12F3N3O. The summed E-state index contributed by atoms with van der Waals surface area (Å²) < 4.78 is 38.9. The highest BCUT2D eigenvalue weighted by Gasteiger charge is 2.13. The van der Waals surface area contributed by atoms with Crippen LogP contribution in [-0.4, -0.2) is 17.4 Å². The lowest BCUT2D eigenvalue weighted by molar-refractivity contribution is 0.102. The normalized spacial score (nSPS) is 10.3. The Bertz CT molecular complexity index is 636. The topological polar surface area (TPSA) is 54.0 Å². The second kappa shape index (κ2) is 6.25. The molecule has 1 aromatic carbocycles. The molecule has 0 saturated carbocycles. The number of amides is 1. The number of hydrogen-bond donors (Lipinski definition) is 2. The highest BCUT2D eigenvalue weighted by molar-refractivity contribution is 6.04. The van der Waals surface area contributed by atoms with E-state index in [1.807, 2.05) is 6.92 Å². The van der Waals surface area contributed by atoms with Crippen LogP contribution in [0.3, 0.4) is 0 Å². The van der Waals surface area contributed by atoms with Crippen molar-refractivity contribution in [1.82, 2.24) is 4.98 Å². The second-order valence-electron chi connectivity index (χ2n) is 4.17. The van der Waals surface area contributed by atoms with Crippen LogP contribution in [0.4, 0.5) is 24.7 Å². The molecule has 2 rings (SSSR count). The molecule has 110 valence electrons. The molecule has 0 aliphatic carbocycles. The van der Waals surface area contributed by atoms with Crippen LogP contribution in [0.1, 0.15) is 17.3 Å². The van der Waals surface area contributed by atoms with Crippen LogP contribution < -0.4 is 10.6 Å². The second-order valence-corrected chi connectivity index (χ2v) is 4.17. The van der Waals surface area contributed by atoms with Crippen LogP contribution in [0.2, 0.25) is 0 Å². The summed E-state index contributed by atoms with van der Waals surface area (Å²) in [7, 11) is 0. The maximum atomic E-state index is 13.0. The van der Waals surface area contributed by atoms with Gasteiger partial charge in [0.1, 0.15) is 5.82 Å². The van der Waals surface area contributed by atoms with E-state index in [0.29, 0.717) is 24.5 Å². The van der Waals surface area contributed by atoms with Crippen molar-refractivity contribution in [1.29, 1.82) is 0 Å². The third-order valence-corrected chi connectivity index (χ3v) is 2.63. The first-order valence-corrected chi connectivity index (χ1v) is 6.17. The van der Waals surface area contributed by atoms with E-state index in [9.17, 15) is 18.0 Å². The Balaban J connectivity index is 2.14. The van der Waals surface area contributed by atoms with Gasteiger partial charge in [0, 0.05) is 30.6 Å². The average Bonchev–Trinajstić information content (AvgIpc) is 2.45. The number of benzene rings is 1. The molecule has 0 atom stereocenters. The number of carbonyl (C=O) groups is 1. The number of pyridine rings is 1. The van der Waals surface area contributed by atoms with Crippen LogP contribution in [-0.2, 0) is 0 Å². The summed E-state index contributed by atoms with van der Waals surface area (Å²) in [4.78, 5) is 15.9. The Labute approximate surface area is 119 Å². The first kappa shape index (κ1) is 14.8. The van der Waals surface area contributed by atoms with Crippen LogP contribution >= 0.6 is 0 Å². The van der Waals surface area contributed by atoms with Crippen molar-refractivity contribution in [2.24, 2.45) is 0 Å². The molecule has 7 heteroatoms. The summed E-state index contributed by atoms with van der Waals surface area (Å²) in [5.41, 5.74) is 0.0361. The van der Waals surface area contributed by atoms with Gasteiger partial charge in [0.25, 0.3) is 5.91 Å². The van der Waals surface area contributed by atoms with Crippen molar-refractivity contribution in [3.8, 4) is 0 Å². The average molecular weight is 295 g/mol. The lowest BCUT2D eigenvalue weighted by Gasteiger charge is -2.07. The van der Waals surface area contributed by atoms with Gasteiger partial charge in [0.05, 0.1) is 5.56 Å². The van der Waals surface area contributed by atoms with Gasteiger partial charge in [-0.25, -0.2) is 18.2 Å². The largest absolute Gasteiger partial charge is 0.370 e. The van der Waals surface area contributed by atoms with Gasteiger partial charge in [0.15, 0.2) is 17.5 Å². The third kappa shape index (κ3) is 3.50. The fraction of sp³-hybridized carbons (Fsp3) is 0.143. The van der Waals surface area contributed by atoms with Crippen LogP contribution in [0.5, 0.6) is 0 Å². The zero-order valence-corrected chi connectivity index (χ0v) is 11.1. The Morgan fingerprint density at radius 2 is 1.86 bits per heavy atom. The summed E-state index contributed by atoms with van der Waals surface area (Å²) in [5.74, 6) is -4.31. The molecule has 2 N–H and O–H groups in total. The number of hydrogen-bond acceptors (Lipinski definition) is 3. The summed E-state index contributed by atoms with van der Waals surface area (Å²) in [6.07, 6.45) is 1.32. The molecule has 0 saturated heterocycles. The number of anilines is 2. The SMILES string of the molecule is CCNc1ccc(C(=O)Nc2cc(F)c(F)c(F)c2)cn1. The van der Waals surface area contributed by atoms with Crippen molar-refractivity contribution in [3.05, 3.63) is 53.5 Å². The number of rotatable bonds is 4. The van der Waals surface area contributed by atoms with Crippen molar-refractivity contribution in [2.45, 2.75) is 6.92 Å². The van der Waals surface area contributed by atoms with E-state index in [1.54, 1.807) is 6.07 Å². The van der Waals surface area contributed by atoms with Gasteiger partial charge in [-0.1, -0.05) is 0 Å². The van der Waals surface area contributed by atoms with Crippen LogP contribution in [0.15, 0.2) is 30.5 Å². The Morgan fingerprint density at radius 3 is 2.38 bits per heavy atom. The van der Waals surface area contributed by atoms with Gasteiger partial charge in [-0.15, -0.1) is 0 Å². The van der Waals surface area contributed by atoms with Gasteiger partial charge in [-0.2, -0.15) is 0 Å². The monoisotopic (exact) mass is 295 g/mol. The summed E-state index contributed by atoms with van der Waals surface area (Å²) >= 11 is 0. The third-order valence-electron chi connectivity index (χ3n) is 2.63. The van der Waals surface area contributed by atoms with Gasteiger partial charge < -0.3 is 10.6 Å². The van der Waals surface area contributed by atoms with E-state index in [1.165, 1.54) is 12.3 Å². The predicted octanol–water partition coefficient (Wildman–Crippen LogP) is 3.18. The molecule has 0 aliphatic rings. The molecule has 2 aromatic rings. The Morgan fingerprint density at radius 1 is 1.19 bits per heavy atom. The van der Waals surface area contributed by atoms with Crippen molar-refractivity contribution < 1.29 is 18.0 Å². The van der Waals surface area contributed by atoms with Crippen LogP contribution in [0.25, 0.3) is 0 Å². The molecule has 1 heterocycles. The van der Waals surface area contributed by atoms with Crippen LogP contribution in [0, 0.1) is 17.5 Å². The van der Waals surface area contributed by atoms with Gasteiger partial charge >= 0.3 is 0 Å². The van der Waals surface area contributed by atoms with Gasteiger partial charge in [0.2, 0.25) is 0 Å². The summed E-state index contributed by atoms with van der Waals surface area (Å²) in [6.45, 7) is 2.59. The number of aromatic nitrogens is 1. The van der Waals surface area contributed by atoms with E-state index in [4.69, 9.17) is 0 Å². The molecule has 1 amide bonds. The Kier molecular flexibility index (Phi) is 4.42. The van der Waals surface area contributed by atoms with E-state index >= 15 is 0 Å². The molecule has 0 aliphatic heterocycles. The van der Waals surface area contributed by atoms with E-state index in [2.05, 4.69) is 15.6 Å². The van der Waals surface area contributed by atoms with E-state index in [0.717, 1.165) is 0 Å². The zero-order chi connectivity index (χ0) is 15.4. The van der Waals surface area contributed by atoms with Crippen molar-refractivity contribution in [3.63, 3.8) is 0 Å². The minimum Gasteiger partial charge on any atom is -0.370 e. The molecular weight excluding hydrogens is 283 g/mol. The minimum atomic E-state index is -1.58. The molecule has 21 heavy (non-hydrogen) atoms. The lowest BCUT2D eigenvalue weighted by atomic mass is 10.2. The van der Waals surface area contributed by atoms with Gasteiger partial charge in [-0.05, 0) is 19.1 Å². The summed E-state index contributed by atoms with van der Waals surface area (Å²) in [6, 6.07) is 4.52. The zero-order valence-electron chi connectivity index (χ0n) is 11.1. The molecule has 0 bridgehead atoms. The number of carbonyl (C=O) groups excluding carboxylic acids is 1. The number of nitrogens with one attached hydrogen (secondary N) is 2. The minimum absolute atomic E-state index is 0.174. The molecule has 0 radical (unpaired) electrons. The Hall–Kier alpha value is -2.57.